The van der Waals surface area contributed by atoms with Crippen LogP contribution in [-0.2, 0) is 16.1 Å². The third kappa shape index (κ3) is 3.70. The molecule has 0 saturated heterocycles. The predicted molar refractivity (Wildman–Crippen MR) is 76.0 cm³/mol. The second-order valence-corrected chi connectivity index (χ2v) is 5.09. The van der Waals surface area contributed by atoms with Gasteiger partial charge in [-0.25, -0.2) is 4.79 Å². The number of nitrogens with one attached hydrogen (secondary N) is 1. The van der Waals surface area contributed by atoms with Crippen molar-refractivity contribution in [3.63, 3.8) is 0 Å². The fourth-order valence-corrected chi connectivity index (χ4v) is 2.34. The Labute approximate surface area is 118 Å². The molecular weight excluding hydrogens is 254 g/mol. The normalized spacial score (nSPS) is 24.9. The van der Waals surface area contributed by atoms with Crippen LogP contribution in [0.3, 0.4) is 0 Å². The molecule has 4 heteroatoms. The number of hydrogen-bond donors (Lipinski definition) is 1. The van der Waals surface area contributed by atoms with Crippen LogP contribution >= 0.6 is 0 Å². The van der Waals surface area contributed by atoms with E-state index in [1.807, 2.05) is 49.4 Å². The zero-order chi connectivity index (χ0) is 14.4. The maximum absolute atomic E-state index is 11.8. The summed E-state index contributed by atoms with van der Waals surface area (Å²) >= 11 is 0. The molecule has 1 aliphatic rings. The topological polar surface area (TPSA) is 55.4 Å². The number of aldehydes is 1. The van der Waals surface area contributed by atoms with Crippen LogP contribution in [-0.4, -0.2) is 18.4 Å². The van der Waals surface area contributed by atoms with Gasteiger partial charge in [-0.1, -0.05) is 49.4 Å². The van der Waals surface area contributed by atoms with Gasteiger partial charge in [-0.3, -0.25) is 0 Å². The number of rotatable bonds is 4. The highest BCUT2D eigenvalue weighted by Crippen LogP contribution is 2.23. The molecule has 1 aromatic carbocycles. The first-order valence-electron chi connectivity index (χ1n) is 6.80. The van der Waals surface area contributed by atoms with Gasteiger partial charge in [0.25, 0.3) is 0 Å². The Bertz CT molecular complexity index is 484. The van der Waals surface area contributed by atoms with Gasteiger partial charge in [0.15, 0.2) is 0 Å². The fraction of sp³-hybridized carbons (Fsp3) is 0.375. The molecule has 0 aromatic heterocycles. The van der Waals surface area contributed by atoms with Gasteiger partial charge in [0.2, 0.25) is 0 Å². The Morgan fingerprint density at radius 3 is 2.85 bits per heavy atom. The lowest BCUT2D eigenvalue weighted by Gasteiger charge is -2.28. The van der Waals surface area contributed by atoms with Crippen molar-refractivity contribution in [2.75, 3.05) is 0 Å². The van der Waals surface area contributed by atoms with Crippen LogP contribution in [0.2, 0.25) is 0 Å². The third-order valence-electron chi connectivity index (χ3n) is 3.58. The van der Waals surface area contributed by atoms with Crippen molar-refractivity contribution in [3.05, 3.63) is 48.0 Å². The van der Waals surface area contributed by atoms with E-state index in [1.165, 1.54) is 0 Å². The van der Waals surface area contributed by atoms with Crippen molar-refractivity contribution in [2.45, 2.75) is 26.0 Å². The van der Waals surface area contributed by atoms with Crippen molar-refractivity contribution in [3.8, 4) is 0 Å². The van der Waals surface area contributed by atoms with Gasteiger partial charge in [-0.05, 0) is 17.9 Å². The summed E-state index contributed by atoms with van der Waals surface area (Å²) in [4.78, 5) is 22.9. The van der Waals surface area contributed by atoms with Crippen LogP contribution in [0, 0.1) is 11.8 Å². The van der Waals surface area contributed by atoms with Gasteiger partial charge < -0.3 is 14.8 Å². The lowest BCUT2D eigenvalue weighted by atomic mass is 9.82. The molecule has 3 atom stereocenters. The number of ether oxygens (including phenoxy) is 1. The van der Waals surface area contributed by atoms with E-state index in [0.717, 1.165) is 18.3 Å². The molecule has 0 aliphatic heterocycles. The maximum atomic E-state index is 11.8. The average molecular weight is 273 g/mol. The molecule has 0 heterocycles. The first kappa shape index (κ1) is 14.3. The Kier molecular flexibility index (Phi) is 4.93. The lowest BCUT2D eigenvalue weighted by molar-refractivity contribution is -0.112. The van der Waals surface area contributed by atoms with Gasteiger partial charge in [-0.15, -0.1) is 0 Å². The minimum atomic E-state index is -0.496. The zero-order valence-electron chi connectivity index (χ0n) is 11.5. The number of benzene rings is 1. The van der Waals surface area contributed by atoms with Crippen LogP contribution in [0.15, 0.2) is 42.5 Å². The fourth-order valence-electron chi connectivity index (χ4n) is 2.34. The smallest absolute Gasteiger partial charge is 0.407 e. The monoisotopic (exact) mass is 273 g/mol. The minimum Gasteiger partial charge on any atom is -0.445 e. The standard InChI is InChI=1S/C16H19NO3/c1-12-6-5-9-15(14(12)10-18)17-16(19)20-11-13-7-3-2-4-8-13/h2-5,7-10,12,14-15H,6,11H2,1H3,(H,17,19)/t12-,14-,15-/m1/s1. The summed E-state index contributed by atoms with van der Waals surface area (Å²) in [6.07, 6.45) is 5.14. The molecular formula is C16H19NO3. The van der Waals surface area contributed by atoms with Crippen LogP contribution in [0.5, 0.6) is 0 Å². The molecule has 1 aromatic rings. The number of alkyl carbamates (subject to hydrolysis) is 1. The third-order valence-corrected chi connectivity index (χ3v) is 3.58. The molecule has 20 heavy (non-hydrogen) atoms. The van der Waals surface area contributed by atoms with Crippen LogP contribution in [0.4, 0.5) is 4.79 Å². The maximum Gasteiger partial charge on any atom is 0.407 e. The van der Waals surface area contributed by atoms with Crippen LogP contribution < -0.4 is 5.32 Å². The summed E-state index contributed by atoms with van der Waals surface area (Å²) in [5.74, 6) is 0.0428. The molecule has 0 bridgehead atoms. The lowest BCUT2D eigenvalue weighted by Crippen LogP contribution is -2.43. The molecule has 0 spiro atoms. The first-order chi connectivity index (χ1) is 9.70. The zero-order valence-corrected chi connectivity index (χ0v) is 11.5. The summed E-state index contributed by atoms with van der Waals surface area (Å²) in [5.41, 5.74) is 0.933. The Morgan fingerprint density at radius 2 is 2.15 bits per heavy atom. The molecule has 0 unspecified atom stereocenters. The van der Waals surface area contributed by atoms with Gasteiger partial charge in [0.1, 0.15) is 12.9 Å². The predicted octanol–water partition coefficient (Wildman–Crippen LogP) is 2.69. The van der Waals surface area contributed by atoms with E-state index in [4.69, 9.17) is 4.74 Å². The van der Waals surface area contributed by atoms with Crippen LogP contribution in [0.25, 0.3) is 0 Å². The Hall–Kier alpha value is -2.10. The average Bonchev–Trinajstić information content (AvgIpc) is 2.46. The summed E-state index contributed by atoms with van der Waals surface area (Å²) in [5, 5.41) is 2.74. The van der Waals surface area contributed by atoms with E-state index in [0.29, 0.717) is 0 Å². The molecule has 0 fully saturated rings. The van der Waals surface area contributed by atoms with Gasteiger partial charge >= 0.3 is 6.09 Å². The van der Waals surface area contributed by atoms with E-state index in [2.05, 4.69) is 5.32 Å². The SMILES string of the molecule is C[C@@H]1CC=C[C@@H](NC(=O)OCc2ccccc2)[C@@H]1C=O. The van der Waals surface area contributed by atoms with Gasteiger partial charge in [0.05, 0.1) is 6.04 Å². The largest absolute Gasteiger partial charge is 0.445 e. The van der Waals surface area contributed by atoms with Crippen molar-refractivity contribution in [1.29, 1.82) is 0 Å². The molecule has 1 N–H and O–H groups in total. The summed E-state index contributed by atoms with van der Waals surface area (Å²) in [6, 6.07) is 9.20. The van der Waals surface area contributed by atoms with E-state index in [9.17, 15) is 9.59 Å². The minimum absolute atomic E-state index is 0.190. The summed E-state index contributed by atoms with van der Waals surface area (Å²) < 4.78 is 5.16. The summed E-state index contributed by atoms with van der Waals surface area (Å²) in [6.45, 7) is 2.23. The Morgan fingerprint density at radius 1 is 1.40 bits per heavy atom. The van der Waals surface area contributed by atoms with E-state index < -0.39 is 6.09 Å². The molecule has 1 aliphatic carbocycles. The molecule has 106 valence electrons. The molecule has 0 saturated carbocycles. The molecule has 4 nitrogen and oxygen atoms in total. The highest BCUT2D eigenvalue weighted by Gasteiger charge is 2.28. The van der Waals surface area contributed by atoms with E-state index in [-0.39, 0.29) is 24.5 Å². The van der Waals surface area contributed by atoms with Crippen molar-refractivity contribution in [1.82, 2.24) is 5.32 Å². The molecule has 0 radical (unpaired) electrons. The highest BCUT2D eigenvalue weighted by molar-refractivity contribution is 5.69. The number of carbonyl (C=O) groups is 2. The molecule has 2 rings (SSSR count). The van der Waals surface area contributed by atoms with Crippen molar-refractivity contribution < 1.29 is 14.3 Å². The Balaban J connectivity index is 1.86. The number of hydrogen-bond acceptors (Lipinski definition) is 3. The van der Waals surface area contributed by atoms with Crippen LogP contribution in [0.1, 0.15) is 18.9 Å². The number of amides is 1. The van der Waals surface area contributed by atoms with E-state index in [1.54, 1.807) is 0 Å². The number of allylic oxidation sites excluding steroid dienone is 1. The number of carbonyl (C=O) groups excluding carboxylic acids is 2. The van der Waals surface area contributed by atoms with E-state index >= 15 is 0 Å². The quantitative estimate of drug-likeness (QED) is 0.678. The first-order valence-corrected chi connectivity index (χ1v) is 6.80. The van der Waals surface area contributed by atoms with Crippen molar-refractivity contribution in [2.24, 2.45) is 11.8 Å². The second-order valence-electron chi connectivity index (χ2n) is 5.09. The van der Waals surface area contributed by atoms with Gasteiger partial charge in [0, 0.05) is 5.92 Å². The van der Waals surface area contributed by atoms with Crippen molar-refractivity contribution >= 4 is 12.4 Å². The second kappa shape index (κ2) is 6.89. The van der Waals surface area contributed by atoms with Gasteiger partial charge in [-0.2, -0.15) is 0 Å². The summed E-state index contributed by atoms with van der Waals surface area (Å²) in [7, 11) is 0. The molecule has 1 amide bonds. The highest BCUT2D eigenvalue weighted by atomic mass is 16.5.